The largest absolute Gasteiger partial charge is 0.497 e. The maximum atomic E-state index is 11.4. The van der Waals surface area contributed by atoms with Crippen molar-refractivity contribution >= 4 is 40.7 Å². The second kappa shape index (κ2) is 17.3. The lowest BCUT2D eigenvalue weighted by molar-refractivity contribution is -0.121. The van der Waals surface area contributed by atoms with Crippen LogP contribution in [0.4, 0.5) is 5.69 Å². The summed E-state index contributed by atoms with van der Waals surface area (Å²) in [5.41, 5.74) is 11.7. The van der Waals surface area contributed by atoms with E-state index in [4.69, 9.17) is 4.74 Å². The van der Waals surface area contributed by atoms with Gasteiger partial charge in [0.25, 0.3) is 0 Å². The smallest absolute Gasteiger partial charge is 0.240 e. The number of rotatable bonds is 11. The summed E-state index contributed by atoms with van der Waals surface area (Å²) in [6, 6.07) is 34.3. The summed E-state index contributed by atoms with van der Waals surface area (Å²) in [6.07, 6.45) is 4.03. The van der Waals surface area contributed by atoms with Gasteiger partial charge in [-0.05, 0) is 98.6 Å². The molecule has 1 amide bonds. The molecule has 2 heterocycles. The molecular formula is C41H49ClN6O2. The standard InChI is InChI=1S/C22H30N2.C19H18N4O2.ClH/c1-3-23(4-2)15-10-16-24(21-13-6-5-7-14-21)22-17-19-11-8-9-12-20(19)18-22;1-11-9-17(24)22-23-18(11)13-5-8-15-16(10-13)21-19(20-15)12-3-6-14(25-2)7-4-12;/h5-9,11-14,22H,3-4,10,15-18H2,1-2H3;3-8,10-11H,9H2,1-2H3,(H,20,21)(H,22,24);1H. The molecule has 4 aromatic carbocycles. The Morgan fingerprint density at radius 2 is 1.48 bits per heavy atom. The minimum absolute atomic E-state index is 0. The van der Waals surface area contributed by atoms with Gasteiger partial charge in [-0.3, -0.25) is 4.79 Å². The van der Waals surface area contributed by atoms with Crippen molar-refractivity contribution in [3.63, 3.8) is 0 Å². The van der Waals surface area contributed by atoms with Crippen LogP contribution in [0.1, 0.15) is 50.3 Å². The van der Waals surface area contributed by atoms with Gasteiger partial charge in [0.1, 0.15) is 11.6 Å². The molecule has 0 bridgehead atoms. The monoisotopic (exact) mass is 692 g/mol. The van der Waals surface area contributed by atoms with E-state index in [1.54, 1.807) is 7.11 Å². The van der Waals surface area contributed by atoms with Crippen LogP contribution >= 0.6 is 12.4 Å². The molecule has 1 aliphatic carbocycles. The molecule has 0 spiro atoms. The molecule has 0 radical (unpaired) electrons. The van der Waals surface area contributed by atoms with Crippen LogP contribution in [0.3, 0.4) is 0 Å². The molecule has 9 heteroatoms. The number of nitrogens with zero attached hydrogens (tertiary/aromatic N) is 4. The number of H-pyrrole nitrogens is 1. The molecule has 2 aliphatic rings. The number of nitrogens with one attached hydrogen (secondary N) is 2. The predicted octanol–water partition coefficient (Wildman–Crippen LogP) is 7.91. The van der Waals surface area contributed by atoms with Gasteiger partial charge in [0.05, 0.1) is 23.9 Å². The van der Waals surface area contributed by atoms with Crippen LogP contribution < -0.4 is 15.1 Å². The minimum Gasteiger partial charge on any atom is -0.497 e. The van der Waals surface area contributed by atoms with Crippen molar-refractivity contribution in [2.45, 2.75) is 52.5 Å². The first-order chi connectivity index (χ1) is 23.9. The van der Waals surface area contributed by atoms with Crippen molar-refractivity contribution in [1.29, 1.82) is 0 Å². The fourth-order valence-electron chi connectivity index (χ4n) is 6.96. The van der Waals surface area contributed by atoms with Gasteiger partial charge in [-0.25, -0.2) is 10.4 Å². The Labute approximate surface area is 302 Å². The third-order valence-electron chi connectivity index (χ3n) is 9.73. The quantitative estimate of drug-likeness (QED) is 0.147. The average Bonchev–Trinajstić information content (AvgIpc) is 3.77. The van der Waals surface area contributed by atoms with E-state index in [1.807, 2.05) is 49.4 Å². The van der Waals surface area contributed by atoms with E-state index in [9.17, 15) is 4.79 Å². The number of carbonyl (C=O) groups excluding carboxylic acids is 1. The van der Waals surface area contributed by atoms with Gasteiger partial charge in [0, 0.05) is 41.7 Å². The highest BCUT2D eigenvalue weighted by atomic mass is 35.5. The highest BCUT2D eigenvalue weighted by Crippen LogP contribution is 2.29. The van der Waals surface area contributed by atoms with Gasteiger partial charge >= 0.3 is 0 Å². The van der Waals surface area contributed by atoms with E-state index < -0.39 is 0 Å². The predicted molar refractivity (Wildman–Crippen MR) is 208 cm³/mol. The third kappa shape index (κ3) is 8.73. The molecule has 0 fully saturated rings. The van der Waals surface area contributed by atoms with E-state index >= 15 is 0 Å². The van der Waals surface area contributed by atoms with E-state index in [0.717, 1.165) is 59.1 Å². The molecule has 0 saturated carbocycles. The first kappa shape index (κ1) is 36.6. The zero-order valence-corrected chi connectivity index (χ0v) is 30.4. The molecular weight excluding hydrogens is 644 g/mol. The Hall–Kier alpha value is -4.66. The highest BCUT2D eigenvalue weighted by Gasteiger charge is 2.27. The Morgan fingerprint density at radius 3 is 2.12 bits per heavy atom. The van der Waals surface area contributed by atoms with Crippen LogP contribution in [0, 0.1) is 5.92 Å². The fourth-order valence-corrected chi connectivity index (χ4v) is 6.96. The average molecular weight is 693 g/mol. The Morgan fingerprint density at radius 1 is 0.820 bits per heavy atom. The molecule has 0 saturated heterocycles. The minimum atomic E-state index is -0.0411. The number of aromatic nitrogens is 2. The molecule has 1 aliphatic heterocycles. The summed E-state index contributed by atoms with van der Waals surface area (Å²) in [4.78, 5) is 24.6. The molecule has 1 atom stereocenters. The maximum Gasteiger partial charge on any atom is 0.240 e. The van der Waals surface area contributed by atoms with Crippen molar-refractivity contribution in [1.82, 2.24) is 20.3 Å². The van der Waals surface area contributed by atoms with Gasteiger partial charge < -0.3 is 19.5 Å². The summed E-state index contributed by atoms with van der Waals surface area (Å²) < 4.78 is 5.19. The van der Waals surface area contributed by atoms with Crippen molar-refractivity contribution in [2.24, 2.45) is 11.0 Å². The van der Waals surface area contributed by atoms with Crippen molar-refractivity contribution < 1.29 is 9.53 Å². The summed E-state index contributed by atoms with van der Waals surface area (Å²) in [6.45, 7) is 11.2. The number of aromatic amines is 1. The van der Waals surface area contributed by atoms with Crippen molar-refractivity contribution in [3.8, 4) is 17.1 Å². The van der Waals surface area contributed by atoms with Crippen LogP contribution in [0.5, 0.6) is 5.75 Å². The SMILES string of the molecule is CCN(CC)CCCN(c1ccccc1)C1Cc2ccccc2C1.COc1ccc(-c2nc3ccc(C4=NNC(=O)CC4C)cc3[nH]2)cc1.Cl. The van der Waals surface area contributed by atoms with Gasteiger partial charge in [-0.1, -0.05) is 69.3 Å². The number of para-hydroxylation sites is 1. The first-order valence-corrected chi connectivity index (χ1v) is 17.6. The Kier molecular flexibility index (Phi) is 12.7. The molecule has 2 N–H and O–H groups in total. The number of hydrogen-bond acceptors (Lipinski definition) is 6. The number of hydrogen-bond donors (Lipinski definition) is 2. The van der Waals surface area contributed by atoms with Crippen LogP contribution in [0.2, 0.25) is 0 Å². The Balaban J connectivity index is 0.000000191. The molecule has 1 aromatic heterocycles. The number of ether oxygens (including phenoxy) is 1. The summed E-state index contributed by atoms with van der Waals surface area (Å²) >= 11 is 0. The lowest BCUT2D eigenvalue weighted by Gasteiger charge is -2.32. The fraction of sp³-hybridized carbons (Fsp3) is 0.341. The lowest BCUT2D eigenvalue weighted by atomic mass is 9.94. The summed E-state index contributed by atoms with van der Waals surface area (Å²) in [5, 5.41) is 4.22. The summed E-state index contributed by atoms with van der Waals surface area (Å²) in [5.74, 6) is 1.67. The summed E-state index contributed by atoms with van der Waals surface area (Å²) in [7, 11) is 1.65. The lowest BCUT2D eigenvalue weighted by Crippen LogP contribution is -2.38. The van der Waals surface area contributed by atoms with Crippen molar-refractivity contribution in [2.75, 3.05) is 38.2 Å². The number of fused-ring (bicyclic) bond motifs is 2. The number of carbonyl (C=O) groups is 1. The molecule has 5 aromatic rings. The third-order valence-corrected chi connectivity index (χ3v) is 9.73. The van der Waals surface area contributed by atoms with E-state index in [-0.39, 0.29) is 24.2 Å². The number of benzene rings is 4. The zero-order chi connectivity index (χ0) is 34.2. The normalized spacial score (nSPS) is 15.4. The molecule has 8 nitrogen and oxygen atoms in total. The van der Waals surface area contributed by atoms with Crippen molar-refractivity contribution in [3.05, 3.63) is 114 Å². The number of methoxy groups -OCH3 is 1. The van der Waals surface area contributed by atoms with Gasteiger partial charge in [0.2, 0.25) is 5.91 Å². The molecule has 262 valence electrons. The number of hydrazone groups is 1. The number of imidazole rings is 1. The second-order valence-corrected chi connectivity index (χ2v) is 12.9. The number of anilines is 1. The van der Waals surface area contributed by atoms with Crippen LogP contribution in [0.25, 0.3) is 22.4 Å². The maximum absolute atomic E-state index is 11.4. The van der Waals surface area contributed by atoms with E-state index in [1.165, 1.54) is 42.6 Å². The van der Waals surface area contributed by atoms with Gasteiger partial charge in [-0.2, -0.15) is 5.10 Å². The highest BCUT2D eigenvalue weighted by molar-refractivity contribution is 6.07. The first-order valence-electron chi connectivity index (χ1n) is 17.6. The number of halogens is 1. The molecule has 50 heavy (non-hydrogen) atoms. The zero-order valence-electron chi connectivity index (χ0n) is 29.6. The Bertz CT molecular complexity index is 1840. The molecule has 1 unspecified atom stereocenters. The van der Waals surface area contributed by atoms with Gasteiger partial charge in [0.15, 0.2) is 0 Å². The second-order valence-electron chi connectivity index (χ2n) is 12.9. The topological polar surface area (TPSA) is 85.8 Å². The molecule has 7 rings (SSSR count). The van der Waals surface area contributed by atoms with Crippen LogP contribution in [-0.4, -0.2) is 65.8 Å². The van der Waals surface area contributed by atoms with Crippen LogP contribution in [-0.2, 0) is 17.6 Å². The van der Waals surface area contributed by atoms with E-state index in [0.29, 0.717) is 12.5 Å². The van der Waals surface area contributed by atoms with E-state index in [2.05, 4.69) is 98.7 Å². The number of amides is 1. The van der Waals surface area contributed by atoms with Crippen LogP contribution in [0.15, 0.2) is 102 Å². The van der Waals surface area contributed by atoms with Gasteiger partial charge in [-0.15, -0.1) is 12.4 Å².